The summed E-state index contributed by atoms with van der Waals surface area (Å²) in [5.74, 6) is 0.290. The van der Waals surface area contributed by atoms with E-state index in [0.29, 0.717) is 18.7 Å². The van der Waals surface area contributed by atoms with Crippen LogP contribution < -0.4 is 0 Å². The van der Waals surface area contributed by atoms with Crippen LogP contribution in [-0.4, -0.2) is 16.6 Å². The van der Waals surface area contributed by atoms with E-state index in [9.17, 15) is 5.11 Å². The zero-order valence-corrected chi connectivity index (χ0v) is 8.59. The van der Waals surface area contributed by atoms with Crippen molar-refractivity contribution in [3.63, 3.8) is 0 Å². The summed E-state index contributed by atoms with van der Waals surface area (Å²) in [4.78, 5) is 0. The van der Waals surface area contributed by atoms with E-state index >= 15 is 0 Å². The summed E-state index contributed by atoms with van der Waals surface area (Å²) in [5, 5.41) is 9.95. The third-order valence-corrected chi connectivity index (χ3v) is 2.78. The molecule has 0 bridgehead atoms. The Labute approximate surface area is 84.4 Å². The van der Waals surface area contributed by atoms with Crippen molar-refractivity contribution in [2.24, 2.45) is 0 Å². The van der Waals surface area contributed by atoms with E-state index in [1.54, 1.807) is 0 Å². The largest absolute Gasteiger partial charge is 0.388 e. The van der Waals surface area contributed by atoms with Crippen LogP contribution >= 0.6 is 11.6 Å². The van der Waals surface area contributed by atoms with Gasteiger partial charge in [0.05, 0.1) is 11.5 Å². The van der Waals surface area contributed by atoms with E-state index in [0.717, 1.165) is 5.56 Å². The minimum atomic E-state index is -0.747. The van der Waals surface area contributed by atoms with E-state index < -0.39 is 5.60 Å². The average molecular weight is 199 g/mol. The quantitative estimate of drug-likeness (QED) is 0.738. The van der Waals surface area contributed by atoms with Crippen molar-refractivity contribution in [2.75, 3.05) is 5.88 Å². The highest BCUT2D eigenvalue weighted by atomic mass is 35.5. The Hall–Kier alpha value is -0.530. The molecule has 0 spiro atoms. The van der Waals surface area contributed by atoms with Gasteiger partial charge in [-0.1, -0.05) is 37.3 Å². The molecule has 0 aliphatic heterocycles. The maximum atomic E-state index is 9.95. The van der Waals surface area contributed by atoms with Crippen molar-refractivity contribution >= 4 is 11.6 Å². The van der Waals surface area contributed by atoms with Crippen LogP contribution in [-0.2, 0) is 6.42 Å². The van der Waals surface area contributed by atoms with Gasteiger partial charge in [-0.3, -0.25) is 0 Å². The van der Waals surface area contributed by atoms with Gasteiger partial charge in [0.25, 0.3) is 0 Å². The normalized spacial score (nSPS) is 15.3. The molecule has 1 unspecified atom stereocenters. The van der Waals surface area contributed by atoms with Crippen LogP contribution in [0, 0.1) is 0 Å². The van der Waals surface area contributed by atoms with Crippen LogP contribution in [0.3, 0.4) is 0 Å². The maximum absolute atomic E-state index is 9.95. The summed E-state index contributed by atoms with van der Waals surface area (Å²) in [7, 11) is 0. The Morgan fingerprint density at radius 2 is 1.92 bits per heavy atom. The molecule has 1 aromatic rings. The molecule has 0 amide bonds. The highest BCUT2D eigenvalue weighted by Gasteiger charge is 2.23. The fraction of sp³-hybridized carbons (Fsp3) is 0.455. The number of halogens is 1. The third kappa shape index (κ3) is 3.02. The Kier molecular flexibility index (Phi) is 3.76. The monoisotopic (exact) mass is 198 g/mol. The number of hydrogen-bond acceptors (Lipinski definition) is 1. The highest BCUT2D eigenvalue weighted by Crippen LogP contribution is 2.18. The lowest BCUT2D eigenvalue weighted by molar-refractivity contribution is 0.0601. The van der Waals surface area contributed by atoms with Gasteiger partial charge >= 0.3 is 0 Å². The number of benzene rings is 1. The molecule has 0 heterocycles. The SMILES string of the molecule is CCC(O)(CCl)Cc1ccccc1. The van der Waals surface area contributed by atoms with E-state index in [1.165, 1.54) is 0 Å². The molecule has 1 rings (SSSR count). The molecule has 0 saturated heterocycles. The third-order valence-electron chi connectivity index (χ3n) is 2.28. The van der Waals surface area contributed by atoms with Gasteiger partial charge in [0.2, 0.25) is 0 Å². The van der Waals surface area contributed by atoms with Gasteiger partial charge in [-0.15, -0.1) is 11.6 Å². The molecule has 1 aromatic carbocycles. The molecule has 0 saturated carbocycles. The van der Waals surface area contributed by atoms with Crippen molar-refractivity contribution in [2.45, 2.75) is 25.4 Å². The minimum absolute atomic E-state index is 0.290. The lowest BCUT2D eigenvalue weighted by Gasteiger charge is -2.23. The highest BCUT2D eigenvalue weighted by molar-refractivity contribution is 6.18. The molecule has 1 N–H and O–H groups in total. The van der Waals surface area contributed by atoms with Crippen molar-refractivity contribution in [1.29, 1.82) is 0 Å². The van der Waals surface area contributed by atoms with Crippen LogP contribution in [0.2, 0.25) is 0 Å². The Morgan fingerprint density at radius 1 is 1.31 bits per heavy atom. The van der Waals surface area contributed by atoms with Gasteiger partial charge in [0, 0.05) is 6.42 Å². The molecular weight excluding hydrogens is 184 g/mol. The molecule has 0 fully saturated rings. The van der Waals surface area contributed by atoms with Crippen molar-refractivity contribution < 1.29 is 5.11 Å². The van der Waals surface area contributed by atoms with E-state index in [4.69, 9.17) is 11.6 Å². The minimum Gasteiger partial charge on any atom is -0.388 e. The Morgan fingerprint density at radius 3 is 2.38 bits per heavy atom. The number of rotatable bonds is 4. The molecule has 13 heavy (non-hydrogen) atoms. The fourth-order valence-corrected chi connectivity index (χ4v) is 1.53. The predicted molar refractivity (Wildman–Crippen MR) is 56.1 cm³/mol. The standard InChI is InChI=1S/C11H15ClO/c1-2-11(13,9-12)8-10-6-4-3-5-7-10/h3-7,13H,2,8-9H2,1H3. The molecular formula is C11H15ClO. The van der Waals surface area contributed by atoms with Crippen molar-refractivity contribution in [1.82, 2.24) is 0 Å². The van der Waals surface area contributed by atoms with Crippen molar-refractivity contribution in [3.8, 4) is 0 Å². The average Bonchev–Trinajstić information content (AvgIpc) is 2.19. The molecule has 1 nitrogen and oxygen atoms in total. The molecule has 0 radical (unpaired) electrons. The van der Waals surface area contributed by atoms with Gasteiger partial charge in [0.15, 0.2) is 0 Å². The van der Waals surface area contributed by atoms with Gasteiger partial charge in [0.1, 0.15) is 0 Å². The summed E-state index contributed by atoms with van der Waals surface area (Å²) in [5.41, 5.74) is 0.385. The van der Waals surface area contributed by atoms with Crippen LogP contribution in [0.25, 0.3) is 0 Å². The van der Waals surface area contributed by atoms with E-state index in [-0.39, 0.29) is 0 Å². The van der Waals surface area contributed by atoms with Gasteiger partial charge in [-0.25, -0.2) is 0 Å². The van der Waals surface area contributed by atoms with Crippen LogP contribution in [0.5, 0.6) is 0 Å². The van der Waals surface area contributed by atoms with Gasteiger partial charge in [-0.05, 0) is 12.0 Å². The molecule has 0 aromatic heterocycles. The second kappa shape index (κ2) is 4.64. The number of alkyl halides is 1. The van der Waals surface area contributed by atoms with Crippen LogP contribution in [0.15, 0.2) is 30.3 Å². The van der Waals surface area contributed by atoms with E-state index in [1.807, 2.05) is 37.3 Å². The van der Waals surface area contributed by atoms with Crippen LogP contribution in [0.4, 0.5) is 0 Å². The van der Waals surface area contributed by atoms with Gasteiger partial charge < -0.3 is 5.11 Å². The maximum Gasteiger partial charge on any atom is 0.0820 e. The summed E-state index contributed by atoms with van der Waals surface area (Å²) >= 11 is 5.71. The zero-order valence-electron chi connectivity index (χ0n) is 7.83. The first-order chi connectivity index (χ1) is 6.20. The first-order valence-corrected chi connectivity index (χ1v) is 5.06. The fourth-order valence-electron chi connectivity index (χ4n) is 1.24. The Bertz CT molecular complexity index is 242. The smallest absolute Gasteiger partial charge is 0.0820 e. The first-order valence-electron chi connectivity index (χ1n) is 4.52. The van der Waals surface area contributed by atoms with Crippen molar-refractivity contribution in [3.05, 3.63) is 35.9 Å². The van der Waals surface area contributed by atoms with Crippen LogP contribution in [0.1, 0.15) is 18.9 Å². The predicted octanol–water partition coefficient (Wildman–Crippen LogP) is 2.61. The zero-order chi connectivity index (χ0) is 9.73. The number of hydrogen-bond donors (Lipinski definition) is 1. The second-order valence-electron chi connectivity index (χ2n) is 3.37. The summed E-state index contributed by atoms with van der Waals surface area (Å²) in [6.45, 7) is 1.95. The lowest BCUT2D eigenvalue weighted by atomic mass is 9.94. The van der Waals surface area contributed by atoms with Gasteiger partial charge in [-0.2, -0.15) is 0 Å². The summed E-state index contributed by atoms with van der Waals surface area (Å²) in [6, 6.07) is 9.93. The molecule has 72 valence electrons. The molecule has 0 aliphatic carbocycles. The topological polar surface area (TPSA) is 20.2 Å². The molecule has 1 atom stereocenters. The van der Waals surface area contributed by atoms with E-state index in [2.05, 4.69) is 0 Å². The second-order valence-corrected chi connectivity index (χ2v) is 3.64. The first kappa shape index (κ1) is 10.6. The number of aliphatic hydroxyl groups is 1. The lowest BCUT2D eigenvalue weighted by Crippen LogP contribution is -2.32. The molecule has 2 heteroatoms. The summed E-state index contributed by atoms with van der Waals surface area (Å²) < 4.78 is 0. The summed E-state index contributed by atoms with van der Waals surface area (Å²) in [6.07, 6.45) is 1.32. The Balaban J connectivity index is 2.68. The molecule has 0 aliphatic rings.